The summed E-state index contributed by atoms with van der Waals surface area (Å²) in [4.78, 5) is 25.5. The van der Waals surface area contributed by atoms with Gasteiger partial charge in [0.15, 0.2) is 0 Å². The lowest BCUT2D eigenvalue weighted by Crippen LogP contribution is -2.48. The quantitative estimate of drug-likeness (QED) is 0.489. The van der Waals surface area contributed by atoms with Gasteiger partial charge >= 0.3 is 12.1 Å². The van der Waals surface area contributed by atoms with Crippen LogP contribution >= 0.6 is 0 Å². The zero-order chi connectivity index (χ0) is 25.0. The molecule has 3 aromatic carbocycles. The van der Waals surface area contributed by atoms with E-state index in [4.69, 9.17) is 14.6 Å². The minimum absolute atomic E-state index is 0.000734. The van der Waals surface area contributed by atoms with Crippen LogP contribution in [0.25, 0.3) is 10.8 Å². The van der Waals surface area contributed by atoms with Gasteiger partial charge in [0, 0.05) is 12.5 Å². The molecular weight excluding hydrogens is 442 g/mol. The van der Waals surface area contributed by atoms with Crippen LogP contribution in [0.15, 0.2) is 66.7 Å². The number of hydrogen-bond donors (Lipinski definition) is 1. The third-order valence-corrected chi connectivity index (χ3v) is 6.25. The summed E-state index contributed by atoms with van der Waals surface area (Å²) in [6.45, 7) is 7.04. The topological polar surface area (TPSA) is 76.1 Å². The van der Waals surface area contributed by atoms with E-state index in [9.17, 15) is 9.59 Å². The van der Waals surface area contributed by atoms with Crippen LogP contribution in [0, 0.1) is 0 Å². The molecule has 0 radical (unpaired) electrons. The third-order valence-electron chi connectivity index (χ3n) is 6.25. The molecule has 3 aromatic rings. The first-order chi connectivity index (χ1) is 16.7. The van der Waals surface area contributed by atoms with Crippen molar-refractivity contribution in [2.45, 2.75) is 57.8 Å². The van der Waals surface area contributed by atoms with Crippen LogP contribution in [0.3, 0.4) is 0 Å². The Morgan fingerprint density at radius 2 is 1.66 bits per heavy atom. The number of hydrogen-bond acceptors (Lipinski definition) is 4. The SMILES string of the molecule is CC(C)(C)OC(=O)N1CCC(c2ccc(CC(=O)O)cc2)C(OCc2ccc3ccccc3c2)C1. The molecule has 4 rings (SSSR count). The summed E-state index contributed by atoms with van der Waals surface area (Å²) in [6, 6.07) is 22.2. The molecule has 1 heterocycles. The minimum Gasteiger partial charge on any atom is -0.481 e. The average molecular weight is 476 g/mol. The van der Waals surface area contributed by atoms with Gasteiger partial charge in [0.05, 0.1) is 25.7 Å². The number of carbonyl (C=O) groups excluding carboxylic acids is 1. The number of rotatable bonds is 6. The summed E-state index contributed by atoms with van der Waals surface area (Å²) in [6.07, 6.45) is 0.194. The van der Waals surface area contributed by atoms with Gasteiger partial charge in [0.2, 0.25) is 0 Å². The molecule has 6 heteroatoms. The second kappa shape index (κ2) is 10.5. The molecule has 1 aliphatic rings. The fourth-order valence-electron chi connectivity index (χ4n) is 4.55. The van der Waals surface area contributed by atoms with Crippen molar-refractivity contribution in [1.29, 1.82) is 0 Å². The Balaban J connectivity index is 1.52. The summed E-state index contributed by atoms with van der Waals surface area (Å²) >= 11 is 0. The molecule has 2 unspecified atom stereocenters. The smallest absolute Gasteiger partial charge is 0.410 e. The summed E-state index contributed by atoms with van der Waals surface area (Å²) < 4.78 is 12.1. The Kier molecular flexibility index (Phi) is 7.41. The van der Waals surface area contributed by atoms with Gasteiger partial charge in [-0.3, -0.25) is 4.79 Å². The van der Waals surface area contributed by atoms with Crippen LogP contribution in [0.4, 0.5) is 4.79 Å². The lowest BCUT2D eigenvalue weighted by Gasteiger charge is -2.39. The number of ether oxygens (including phenoxy) is 2. The highest BCUT2D eigenvalue weighted by atomic mass is 16.6. The number of amides is 1. The van der Waals surface area contributed by atoms with Gasteiger partial charge in [0.1, 0.15) is 5.60 Å². The number of piperidine rings is 1. The van der Waals surface area contributed by atoms with E-state index in [2.05, 4.69) is 30.3 Å². The molecule has 0 aromatic heterocycles. The number of carbonyl (C=O) groups is 2. The molecule has 0 bridgehead atoms. The summed E-state index contributed by atoms with van der Waals surface area (Å²) in [7, 11) is 0. The van der Waals surface area contributed by atoms with Gasteiger partial charge in [-0.1, -0.05) is 60.7 Å². The Bertz CT molecular complexity index is 1180. The molecule has 6 nitrogen and oxygen atoms in total. The van der Waals surface area contributed by atoms with E-state index in [1.165, 1.54) is 5.39 Å². The molecule has 1 aliphatic heterocycles. The highest BCUT2D eigenvalue weighted by Crippen LogP contribution is 2.32. The van der Waals surface area contributed by atoms with Crippen molar-refractivity contribution >= 4 is 22.8 Å². The molecule has 1 fully saturated rings. The molecule has 2 atom stereocenters. The predicted molar refractivity (Wildman–Crippen MR) is 135 cm³/mol. The van der Waals surface area contributed by atoms with E-state index >= 15 is 0 Å². The number of benzene rings is 3. The standard InChI is InChI=1S/C29H33NO5/c1-29(2,3)35-28(33)30-15-14-25(23-12-8-20(9-13-23)17-27(31)32)26(18-30)34-19-21-10-11-22-6-4-5-7-24(22)16-21/h4-13,16,25-26H,14-15,17-19H2,1-3H3,(H,31,32). The van der Waals surface area contributed by atoms with Crippen molar-refractivity contribution in [3.8, 4) is 0 Å². The maximum atomic E-state index is 12.8. The molecule has 184 valence electrons. The van der Waals surface area contributed by atoms with E-state index in [1.807, 2.05) is 57.2 Å². The van der Waals surface area contributed by atoms with E-state index < -0.39 is 11.6 Å². The van der Waals surface area contributed by atoms with Crippen molar-refractivity contribution < 1.29 is 24.2 Å². The van der Waals surface area contributed by atoms with Crippen LogP contribution in [0.5, 0.6) is 0 Å². The van der Waals surface area contributed by atoms with Crippen molar-refractivity contribution in [2.75, 3.05) is 13.1 Å². The zero-order valence-electron chi connectivity index (χ0n) is 20.6. The molecular formula is C29H33NO5. The van der Waals surface area contributed by atoms with Crippen LogP contribution in [-0.4, -0.2) is 46.9 Å². The van der Waals surface area contributed by atoms with E-state index in [0.29, 0.717) is 19.7 Å². The minimum atomic E-state index is -0.847. The molecule has 1 saturated heterocycles. The van der Waals surface area contributed by atoms with Crippen LogP contribution in [-0.2, 0) is 27.3 Å². The lowest BCUT2D eigenvalue weighted by molar-refractivity contribution is -0.136. The van der Waals surface area contributed by atoms with Gasteiger partial charge in [0.25, 0.3) is 0 Å². The molecule has 0 spiro atoms. The largest absolute Gasteiger partial charge is 0.481 e. The molecule has 0 saturated carbocycles. The third kappa shape index (κ3) is 6.61. The van der Waals surface area contributed by atoms with E-state index in [-0.39, 0.29) is 24.5 Å². The average Bonchev–Trinajstić information content (AvgIpc) is 2.81. The number of carboxylic acids is 1. The number of carboxylic acid groups (broad SMARTS) is 1. The summed E-state index contributed by atoms with van der Waals surface area (Å²) in [5.74, 6) is -0.756. The highest BCUT2D eigenvalue weighted by Gasteiger charge is 2.35. The van der Waals surface area contributed by atoms with Crippen molar-refractivity contribution in [1.82, 2.24) is 4.90 Å². The fraction of sp³-hybridized carbons (Fsp3) is 0.379. The fourth-order valence-corrected chi connectivity index (χ4v) is 4.55. The van der Waals surface area contributed by atoms with Crippen molar-refractivity contribution in [3.05, 3.63) is 83.4 Å². The summed E-state index contributed by atoms with van der Waals surface area (Å²) in [5, 5.41) is 11.4. The molecule has 35 heavy (non-hydrogen) atoms. The second-order valence-electron chi connectivity index (χ2n) is 10.2. The monoisotopic (exact) mass is 475 g/mol. The van der Waals surface area contributed by atoms with Crippen molar-refractivity contribution in [3.63, 3.8) is 0 Å². The summed E-state index contributed by atoms with van der Waals surface area (Å²) in [5.41, 5.74) is 2.37. The zero-order valence-corrected chi connectivity index (χ0v) is 20.6. The molecule has 1 N–H and O–H groups in total. The van der Waals surface area contributed by atoms with Gasteiger partial charge in [-0.2, -0.15) is 0 Å². The van der Waals surface area contributed by atoms with E-state index in [0.717, 1.165) is 28.5 Å². The Morgan fingerprint density at radius 1 is 0.971 bits per heavy atom. The van der Waals surface area contributed by atoms with Crippen LogP contribution in [0.1, 0.15) is 49.8 Å². The number of fused-ring (bicyclic) bond motifs is 1. The van der Waals surface area contributed by atoms with E-state index in [1.54, 1.807) is 4.90 Å². The van der Waals surface area contributed by atoms with Gasteiger partial charge in [-0.15, -0.1) is 0 Å². The first-order valence-electron chi connectivity index (χ1n) is 12.1. The van der Waals surface area contributed by atoms with Crippen molar-refractivity contribution in [2.24, 2.45) is 0 Å². The Morgan fingerprint density at radius 3 is 2.34 bits per heavy atom. The van der Waals surface area contributed by atoms with Gasteiger partial charge in [-0.05, 0) is 60.7 Å². The lowest BCUT2D eigenvalue weighted by atomic mass is 9.86. The Hall–Kier alpha value is -3.38. The number of likely N-dealkylation sites (tertiary alicyclic amines) is 1. The predicted octanol–water partition coefficient (Wildman–Crippen LogP) is 5.78. The highest BCUT2D eigenvalue weighted by molar-refractivity contribution is 5.82. The van der Waals surface area contributed by atoms with Gasteiger partial charge < -0.3 is 19.5 Å². The van der Waals surface area contributed by atoms with Crippen LogP contribution < -0.4 is 0 Å². The first kappa shape index (κ1) is 24.7. The molecule has 1 amide bonds. The Labute approximate surface area is 206 Å². The van der Waals surface area contributed by atoms with Gasteiger partial charge in [-0.25, -0.2) is 4.79 Å². The maximum absolute atomic E-state index is 12.8. The maximum Gasteiger partial charge on any atom is 0.410 e. The number of aliphatic carboxylic acids is 1. The number of nitrogens with zero attached hydrogens (tertiary/aromatic N) is 1. The van der Waals surface area contributed by atoms with Crippen LogP contribution in [0.2, 0.25) is 0 Å². The first-order valence-corrected chi connectivity index (χ1v) is 12.1. The second-order valence-corrected chi connectivity index (χ2v) is 10.2. The normalized spacial score (nSPS) is 18.4. The molecule has 0 aliphatic carbocycles.